The average Bonchev–Trinajstić information content (AvgIpc) is 3.70. The number of rotatable bonds is 11. The van der Waals surface area contributed by atoms with Crippen LogP contribution in [-0.4, -0.2) is 71.1 Å². The number of benzene rings is 2. The van der Waals surface area contributed by atoms with Crippen LogP contribution in [0.3, 0.4) is 0 Å². The number of guanidine groups is 1. The van der Waals surface area contributed by atoms with E-state index in [-0.39, 0.29) is 30.8 Å². The number of phenolic OH excluding ortho intramolecular Hbond substituents is 1. The zero-order valence-electron chi connectivity index (χ0n) is 21.3. The highest BCUT2D eigenvalue weighted by Gasteiger charge is 2.52. The molecule has 1 amide bonds. The first-order chi connectivity index (χ1) is 18.9. The molecule has 1 unspecified atom stereocenters. The van der Waals surface area contributed by atoms with Crippen molar-refractivity contribution in [2.24, 2.45) is 4.99 Å². The maximum Gasteiger partial charge on any atom is 0.303 e. The smallest absolute Gasteiger partial charge is 0.303 e. The van der Waals surface area contributed by atoms with Gasteiger partial charge in [0.25, 0.3) is 5.91 Å². The third kappa shape index (κ3) is 7.33. The van der Waals surface area contributed by atoms with E-state index in [9.17, 15) is 38.5 Å². The third-order valence-corrected chi connectivity index (χ3v) is 7.38. The summed E-state index contributed by atoms with van der Waals surface area (Å²) < 4.78 is 27.9. The Hall–Kier alpha value is -3.58. The van der Waals surface area contributed by atoms with Gasteiger partial charge in [-0.05, 0) is 48.2 Å². The van der Waals surface area contributed by atoms with Crippen molar-refractivity contribution in [3.63, 3.8) is 0 Å². The number of aliphatic hydroxyl groups is 1. The number of alkyl halides is 2. The second kappa shape index (κ2) is 12.3. The molecule has 2 aromatic rings. The molecule has 1 aliphatic heterocycles. The Balaban J connectivity index is 1.42. The van der Waals surface area contributed by atoms with Crippen LogP contribution in [0.5, 0.6) is 5.75 Å². The van der Waals surface area contributed by atoms with Crippen LogP contribution in [0.15, 0.2) is 45.9 Å². The van der Waals surface area contributed by atoms with Gasteiger partial charge in [0.2, 0.25) is 6.43 Å². The van der Waals surface area contributed by atoms with E-state index in [0.29, 0.717) is 40.1 Å². The van der Waals surface area contributed by atoms with Crippen LogP contribution in [0.4, 0.5) is 14.5 Å². The summed E-state index contributed by atoms with van der Waals surface area (Å²) in [5.74, 6) is -2.88. The predicted octanol–water partition coefficient (Wildman–Crippen LogP) is 3.13. The van der Waals surface area contributed by atoms with Crippen molar-refractivity contribution in [1.29, 1.82) is 0 Å². The number of halogens is 3. The number of aliphatic hydroxyl groups excluding tert-OH is 1. The van der Waals surface area contributed by atoms with E-state index in [1.807, 2.05) is 0 Å². The van der Waals surface area contributed by atoms with Crippen LogP contribution in [0.25, 0.3) is 0 Å². The minimum atomic E-state index is -2.56. The number of carboxylic acids is 1. The number of amides is 1. The second-order valence-corrected chi connectivity index (χ2v) is 11.0. The lowest BCUT2D eigenvalue weighted by Crippen LogP contribution is -2.42. The van der Waals surface area contributed by atoms with Crippen LogP contribution in [0, 0.1) is 0 Å². The second-order valence-electron chi connectivity index (χ2n) is 10.1. The fraction of sp³-hybridized carbons (Fsp3) is 0.407. The lowest BCUT2D eigenvalue weighted by atomic mass is 9.86. The molecule has 13 heteroatoms. The van der Waals surface area contributed by atoms with Gasteiger partial charge in [0, 0.05) is 40.7 Å². The van der Waals surface area contributed by atoms with E-state index in [0.717, 1.165) is 0 Å². The minimum absolute atomic E-state index is 0.0622. The largest absolute Gasteiger partial charge is 0.508 e. The van der Waals surface area contributed by atoms with Gasteiger partial charge in [0.1, 0.15) is 5.75 Å². The number of nitrogens with one attached hydrogen (secondary N) is 3. The van der Waals surface area contributed by atoms with Gasteiger partial charge in [-0.25, -0.2) is 8.78 Å². The lowest BCUT2D eigenvalue weighted by molar-refractivity contribution is -0.137. The van der Waals surface area contributed by atoms with Gasteiger partial charge in [-0.1, -0.05) is 22.0 Å². The van der Waals surface area contributed by atoms with Gasteiger partial charge in [0.05, 0.1) is 31.0 Å². The van der Waals surface area contributed by atoms with Gasteiger partial charge >= 0.3 is 5.97 Å². The van der Waals surface area contributed by atoms with E-state index in [2.05, 4.69) is 36.9 Å². The van der Waals surface area contributed by atoms with Crippen LogP contribution < -0.4 is 16.0 Å². The Morgan fingerprint density at radius 1 is 1.12 bits per heavy atom. The minimum Gasteiger partial charge on any atom is -0.508 e. The Labute approximate surface area is 237 Å². The summed E-state index contributed by atoms with van der Waals surface area (Å²) in [6, 6.07) is 8.81. The molecule has 0 spiro atoms. The molecule has 1 fully saturated rings. The summed E-state index contributed by atoms with van der Waals surface area (Å²) in [4.78, 5) is 41.2. The first-order valence-electron chi connectivity index (χ1n) is 12.6. The summed E-state index contributed by atoms with van der Waals surface area (Å²) in [7, 11) is 0. The number of nitrogens with zero attached hydrogens (tertiary/aromatic N) is 1. The topological polar surface area (TPSA) is 160 Å². The number of carboxylic acid groups (broad SMARTS) is 1. The number of anilines is 1. The SMILES string of the molecule is O=C(O)C[C@H](CC(=O)CNC(=O)c1cc(O)cc(NC2=NCC(O)CN2)c1)c1cc(Br)cc(C2(C(F)F)CC2)c1. The van der Waals surface area contributed by atoms with Crippen LogP contribution in [0.2, 0.25) is 0 Å². The van der Waals surface area contributed by atoms with Gasteiger partial charge in [-0.2, -0.15) is 0 Å². The highest BCUT2D eigenvalue weighted by atomic mass is 79.9. The highest BCUT2D eigenvalue weighted by molar-refractivity contribution is 9.10. The molecule has 0 radical (unpaired) electrons. The molecule has 0 saturated heterocycles. The standard InChI is InChI=1S/C27H29BrF2N4O6/c28-18-4-14(3-17(9-18)27(1-2-27)25(29)30)15(8-23(38)39)6-21(36)11-31-24(40)16-5-19(10-20(35)7-16)34-26-32-12-22(37)13-33-26/h3-5,7,9-10,15,22,25,35,37H,1-2,6,8,11-13H2,(H,31,40)(H,38,39)(H2,32,33,34)/t15-/m0/s1. The molecule has 2 atom stereocenters. The van der Waals surface area contributed by atoms with E-state index >= 15 is 0 Å². The average molecular weight is 623 g/mol. The molecule has 0 aromatic heterocycles. The fourth-order valence-electron chi connectivity index (χ4n) is 4.62. The summed E-state index contributed by atoms with van der Waals surface area (Å²) in [5, 5.41) is 37.3. The number of ketones is 1. The summed E-state index contributed by atoms with van der Waals surface area (Å²) in [5.41, 5.74) is 0.0198. The number of aliphatic imine (C=N–C) groups is 1. The van der Waals surface area contributed by atoms with E-state index in [1.54, 1.807) is 18.2 Å². The molecule has 6 N–H and O–H groups in total. The van der Waals surface area contributed by atoms with Crippen molar-refractivity contribution in [2.45, 2.75) is 49.5 Å². The molecule has 1 aliphatic carbocycles. The summed E-state index contributed by atoms with van der Waals surface area (Å²) >= 11 is 3.32. The molecular weight excluding hydrogens is 594 g/mol. The Kier molecular flexibility index (Phi) is 9.04. The summed E-state index contributed by atoms with van der Waals surface area (Å²) in [6.07, 6.45) is -3.13. The number of carbonyl (C=O) groups is 3. The van der Waals surface area contributed by atoms with E-state index in [4.69, 9.17) is 0 Å². The molecule has 214 valence electrons. The van der Waals surface area contributed by atoms with E-state index < -0.39 is 54.5 Å². The van der Waals surface area contributed by atoms with Crippen molar-refractivity contribution in [3.05, 3.63) is 57.6 Å². The van der Waals surface area contributed by atoms with Crippen molar-refractivity contribution >= 4 is 45.2 Å². The normalized spacial score (nSPS) is 18.3. The van der Waals surface area contributed by atoms with Crippen molar-refractivity contribution < 1.29 is 38.5 Å². The highest BCUT2D eigenvalue weighted by Crippen LogP contribution is 2.53. The quantitative estimate of drug-likeness (QED) is 0.223. The van der Waals surface area contributed by atoms with Crippen LogP contribution >= 0.6 is 15.9 Å². The molecule has 1 saturated carbocycles. The lowest BCUT2D eigenvalue weighted by Gasteiger charge is -2.20. The van der Waals surface area contributed by atoms with Crippen LogP contribution in [0.1, 0.15) is 53.1 Å². The number of phenols is 1. The number of hydrogen-bond acceptors (Lipinski definition) is 8. The number of carbonyl (C=O) groups excluding carboxylic acids is 2. The Morgan fingerprint density at radius 3 is 2.50 bits per heavy atom. The number of Topliss-reactive ketones (excluding diaryl/α,β-unsaturated/α-hetero) is 1. The first-order valence-corrected chi connectivity index (χ1v) is 13.4. The number of β-amino-alcohol motifs (C(OH)–C–C–N with tert-alkyl or cyclic N) is 1. The molecule has 1 heterocycles. The molecule has 4 rings (SSSR count). The molecular formula is C27H29BrF2N4O6. The summed E-state index contributed by atoms with van der Waals surface area (Å²) in [6.45, 7) is 0.0828. The Morgan fingerprint density at radius 2 is 1.88 bits per heavy atom. The molecule has 40 heavy (non-hydrogen) atoms. The third-order valence-electron chi connectivity index (χ3n) is 6.92. The van der Waals surface area contributed by atoms with Gasteiger partial charge < -0.3 is 31.3 Å². The van der Waals surface area contributed by atoms with Gasteiger partial charge in [-0.3, -0.25) is 19.4 Å². The van der Waals surface area contributed by atoms with Crippen molar-refractivity contribution in [2.75, 3.05) is 25.0 Å². The Bertz CT molecular complexity index is 1330. The monoisotopic (exact) mass is 622 g/mol. The van der Waals surface area contributed by atoms with E-state index in [1.165, 1.54) is 18.2 Å². The predicted molar refractivity (Wildman–Crippen MR) is 146 cm³/mol. The van der Waals surface area contributed by atoms with Crippen molar-refractivity contribution in [3.8, 4) is 5.75 Å². The fourth-order valence-corrected chi connectivity index (χ4v) is 5.13. The maximum atomic E-state index is 13.7. The zero-order valence-corrected chi connectivity index (χ0v) is 22.9. The number of aromatic hydroxyl groups is 1. The van der Waals surface area contributed by atoms with Gasteiger partial charge in [0.15, 0.2) is 11.7 Å². The first kappa shape index (κ1) is 29.4. The number of hydrogen-bond donors (Lipinski definition) is 6. The number of aliphatic carboxylic acids is 1. The maximum absolute atomic E-state index is 13.7. The van der Waals surface area contributed by atoms with Crippen molar-refractivity contribution in [1.82, 2.24) is 10.6 Å². The van der Waals surface area contributed by atoms with Crippen LogP contribution in [-0.2, 0) is 15.0 Å². The van der Waals surface area contributed by atoms with Gasteiger partial charge in [-0.15, -0.1) is 0 Å². The molecule has 10 nitrogen and oxygen atoms in total. The molecule has 2 aromatic carbocycles. The molecule has 0 bridgehead atoms. The zero-order chi connectivity index (χ0) is 29.0. The molecule has 2 aliphatic rings.